The molecule has 0 heterocycles. The van der Waals surface area contributed by atoms with Crippen molar-refractivity contribution >= 4 is 5.69 Å². The Morgan fingerprint density at radius 2 is 1.68 bits per heavy atom. The fourth-order valence-electron chi connectivity index (χ4n) is 1.65. The highest BCUT2D eigenvalue weighted by Crippen LogP contribution is 2.19. The number of nitrogens with one attached hydrogen (secondary N) is 1. The van der Waals surface area contributed by atoms with Crippen molar-refractivity contribution in [3.63, 3.8) is 0 Å². The van der Waals surface area contributed by atoms with Gasteiger partial charge in [-0.2, -0.15) is 0 Å². The molecule has 5 heteroatoms. The standard InChI is InChI=1S/C14H12F3NO/c15-10-6-4-9(5-7-10)13(19)8-18-12-3-1-2-11(16)14(12)17/h1-7,13,18-19H,8H2. The summed E-state index contributed by atoms with van der Waals surface area (Å²) in [7, 11) is 0. The lowest BCUT2D eigenvalue weighted by atomic mass is 10.1. The number of aliphatic hydroxyl groups excluding tert-OH is 1. The van der Waals surface area contributed by atoms with Crippen LogP contribution in [-0.2, 0) is 0 Å². The molecule has 0 aromatic heterocycles. The molecule has 2 nitrogen and oxygen atoms in total. The van der Waals surface area contributed by atoms with Gasteiger partial charge in [0.25, 0.3) is 0 Å². The Balaban J connectivity index is 2.02. The van der Waals surface area contributed by atoms with E-state index in [4.69, 9.17) is 0 Å². The van der Waals surface area contributed by atoms with E-state index in [1.807, 2.05) is 0 Å². The zero-order valence-electron chi connectivity index (χ0n) is 9.91. The van der Waals surface area contributed by atoms with Crippen molar-refractivity contribution in [1.29, 1.82) is 0 Å². The minimum atomic E-state index is -0.992. The van der Waals surface area contributed by atoms with Crippen molar-refractivity contribution in [3.8, 4) is 0 Å². The summed E-state index contributed by atoms with van der Waals surface area (Å²) in [6.07, 6.45) is -0.941. The molecule has 0 bridgehead atoms. The van der Waals surface area contributed by atoms with Gasteiger partial charge in [-0.1, -0.05) is 18.2 Å². The molecular weight excluding hydrogens is 255 g/mol. The summed E-state index contributed by atoms with van der Waals surface area (Å²) in [5.41, 5.74) is 0.465. The van der Waals surface area contributed by atoms with Crippen molar-refractivity contribution in [2.24, 2.45) is 0 Å². The molecule has 0 fully saturated rings. The van der Waals surface area contributed by atoms with E-state index in [9.17, 15) is 18.3 Å². The predicted octanol–water partition coefficient (Wildman–Crippen LogP) is 3.25. The molecule has 19 heavy (non-hydrogen) atoms. The van der Waals surface area contributed by atoms with Crippen molar-refractivity contribution in [1.82, 2.24) is 0 Å². The average molecular weight is 267 g/mol. The summed E-state index contributed by atoms with van der Waals surface area (Å²) in [5, 5.41) is 12.4. The van der Waals surface area contributed by atoms with Crippen LogP contribution in [0.25, 0.3) is 0 Å². The SMILES string of the molecule is OC(CNc1cccc(F)c1F)c1ccc(F)cc1. The van der Waals surface area contributed by atoms with Crippen LogP contribution >= 0.6 is 0 Å². The first-order chi connectivity index (χ1) is 9.08. The number of hydrogen-bond acceptors (Lipinski definition) is 2. The number of rotatable bonds is 4. The second-order valence-corrected chi connectivity index (χ2v) is 4.05. The summed E-state index contributed by atoms with van der Waals surface area (Å²) in [6, 6.07) is 9.06. The number of aliphatic hydroxyl groups is 1. The fraction of sp³-hybridized carbons (Fsp3) is 0.143. The first kappa shape index (κ1) is 13.4. The lowest BCUT2D eigenvalue weighted by Gasteiger charge is -2.13. The Morgan fingerprint density at radius 1 is 1.00 bits per heavy atom. The van der Waals surface area contributed by atoms with E-state index in [-0.39, 0.29) is 12.2 Å². The maximum Gasteiger partial charge on any atom is 0.181 e. The number of hydrogen-bond donors (Lipinski definition) is 2. The van der Waals surface area contributed by atoms with E-state index in [0.29, 0.717) is 5.56 Å². The first-order valence-electron chi connectivity index (χ1n) is 5.69. The van der Waals surface area contributed by atoms with Crippen molar-refractivity contribution in [3.05, 3.63) is 65.5 Å². The monoisotopic (exact) mass is 267 g/mol. The van der Waals surface area contributed by atoms with Crippen LogP contribution in [0.3, 0.4) is 0 Å². The van der Waals surface area contributed by atoms with E-state index in [1.54, 1.807) is 0 Å². The maximum absolute atomic E-state index is 13.3. The molecule has 100 valence electrons. The summed E-state index contributed by atoms with van der Waals surface area (Å²) >= 11 is 0. The lowest BCUT2D eigenvalue weighted by Crippen LogP contribution is -2.13. The maximum atomic E-state index is 13.3. The van der Waals surface area contributed by atoms with Crippen LogP contribution in [0.15, 0.2) is 42.5 Å². The molecule has 0 aliphatic carbocycles. The van der Waals surface area contributed by atoms with Gasteiger partial charge in [0.15, 0.2) is 11.6 Å². The zero-order chi connectivity index (χ0) is 13.8. The summed E-state index contributed by atoms with van der Waals surface area (Å²) in [6.45, 7) is -0.00793. The molecule has 0 aliphatic heterocycles. The number of anilines is 1. The topological polar surface area (TPSA) is 32.3 Å². The Labute approximate surface area is 108 Å². The van der Waals surface area contributed by atoms with Gasteiger partial charge in [-0.05, 0) is 29.8 Å². The van der Waals surface area contributed by atoms with Gasteiger partial charge in [-0.3, -0.25) is 0 Å². The van der Waals surface area contributed by atoms with Gasteiger partial charge in [-0.15, -0.1) is 0 Å². The molecule has 0 saturated heterocycles. The quantitative estimate of drug-likeness (QED) is 0.891. The van der Waals surface area contributed by atoms with E-state index in [0.717, 1.165) is 6.07 Å². The van der Waals surface area contributed by atoms with Gasteiger partial charge in [0.1, 0.15) is 5.82 Å². The molecule has 0 saturated carbocycles. The molecule has 1 unspecified atom stereocenters. The van der Waals surface area contributed by atoms with Crippen LogP contribution in [0.2, 0.25) is 0 Å². The highest BCUT2D eigenvalue weighted by atomic mass is 19.2. The van der Waals surface area contributed by atoms with Gasteiger partial charge in [0.05, 0.1) is 11.8 Å². The first-order valence-corrected chi connectivity index (χ1v) is 5.69. The van der Waals surface area contributed by atoms with Gasteiger partial charge < -0.3 is 10.4 Å². The Kier molecular flexibility index (Phi) is 4.06. The minimum absolute atomic E-state index is 0.00793. The third kappa shape index (κ3) is 3.26. The van der Waals surface area contributed by atoms with Crippen LogP contribution in [-0.4, -0.2) is 11.7 Å². The van der Waals surface area contributed by atoms with Gasteiger partial charge in [-0.25, -0.2) is 13.2 Å². The highest BCUT2D eigenvalue weighted by Gasteiger charge is 2.11. The molecule has 2 aromatic carbocycles. The fourth-order valence-corrected chi connectivity index (χ4v) is 1.65. The van der Waals surface area contributed by atoms with Crippen LogP contribution in [0, 0.1) is 17.5 Å². The highest BCUT2D eigenvalue weighted by molar-refractivity contribution is 5.45. The molecule has 0 aliphatic rings. The van der Waals surface area contributed by atoms with Gasteiger partial charge in [0.2, 0.25) is 0 Å². The molecular formula is C14H12F3NO. The number of halogens is 3. The van der Waals surface area contributed by atoms with Crippen LogP contribution in [0.5, 0.6) is 0 Å². The third-order valence-corrected chi connectivity index (χ3v) is 2.69. The Morgan fingerprint density at radius 3 is 2.37 bits per heavy atom. The molecule has 1 atom stereocenters. The third-order valence-electron chi connectivity index (χ3n) is 2.69. The van der Waals surface area contributed by atoms with Crippen molar-refractivity contribution < 1.29 is 18.3 Å². The van der Waals surface area contributed by atoms with E-state index < -0.39 is 23.6 Å². The second-order valence-electron chi connectivity index (χ2n) is 4.05. The summed E-state index contributed by atoms with van der Waals surface area (Å²) in [4.78, 5) is 0. The van der Waals surface area contributed by atoms with Crippen molar-refractivity contribution in [2.45, 2.75) is 6.10 Å². The molecule has 0 radical (unpaired) electrons. The largest absolute Gasteiger partial charge is 0.387 e. The summed E-state index contributed by atoms with van der Waals surface area (Å²) in [5.74, 6) is -2.35. The van der Waals surface area contributed by atoms with Crippen LogP contribution in [0.1, 0.15) is 11.7 Å². The molecule has 0 amide bonds. The second kappa shape index (κ2) is 5.75. The Hall–Kier alpha value is -2.01. The average Bonchev–Trinajstić information content (AvgIpc) is 2.41. The van der Waals surface area contributed by atoms with Crippen LogP contribution < -0.4 is 5.32 Å². The van der Waals surface area contributed by atoms with Crippen molar-refractivity contribution in [2.75, 3.05) is 11.9 Å². The van der Waals surface area contributed by atoms with E-state index >= 15 is 0 Å². The summed E-state index contributed by atoms with van der Waals surface area (Å²) < 4.78 is 39.0. The van der Waals surface area contributed by atoms with E-state index in [2.05, 4.69) is 5.32 Å². The van der Waals surface area contributed by atoms with Gasteiger partial charge >= 0.3 is 0 Å². The lowest BCUT2D eigenvalue weighted by molar-refractivity contribution is 0.191. The molecule has 2 aromatic rings. The van der Waals surface area contributed by atoms with E-state index in [1.165, 1.54) is 36.4 Å². The van der Waals surface area contributed by atoms with Gasteiger partial charge in [0, 0.05) is 6.54 Å². The minimum Gasteiger partial charge on any atom is -0.387 e. The molecule has 0 spiro atoms. The van der Waals surface area contributed by atoms with Crippen LogP contribution in [0.4, 0.5) is 18.9 Å². The number of benzene rings is 2. The smallest absolute Gasteiger partial charge is 0.181 e. The predicted molar refractivity (Wildman–Crippen MR) is 66.2 cm³/mol. The molecule has 2 rings (SSSR count). The zero-order valence-corrected chi connectivity index (χ0v) is 9.91. The molecule has 2 N–H and O–H groups in total. The Bertz CT molecular complexity index is 557. The normalized spacial score (nSPS) is 12.2.